The van der Waals surface area contributed by atoms with Crippen LogP contribution in [0.4, 0.5) is 16.2 Å². The number of sulfonamides is 1. The zero-order chi connectivity index (χ0) is 23.8. The van der Waals surface area contributed by atoms with Gasteiger partial charge in [-0.05, 0) is 61.7 Å². The van der Waals surface area contributed by atoms with Crippen molar-refractivity contribution in [2.24, 2.45) is 0 Å². The van der Waals surface area contributed by atoms with Crippen LogP contribution in [0.5, 0.6) is 11.5 Å². The minimum absolute atomic E-state index is 0.0685. The van der Waals surface area contributed by atoms with Gasteiger partial charge in [-0.15, -0.1) is 0 Å². The standard InChI is InChI=1S/C24H25N3O5S/c1-16-11-13-25-17(2)19(16)12-14-26-20-7-5-6-8-23(20)33(29,30)27(24(26)28)18-9-10-21(31-3)22(15-18)32-4/h5-11,13,15H,12,14H2,1-4H3. The first-order valence-electron chi connectivity index (χ1n) is 10.4. The Kier molecular flexibility index (Phi) is 5.99. The molecule has 33 heavy (non-hydrogen) atoms. The van der Waals surface area contributed by atoms with E-state index in [1.54, 1.807) is 30.5 Å². The highest BCUT2D eigenvalue weighted by Gasteiger charge is 2.42. The number of benzene rings is 2. The topological polar surface area (TPSA) is 89.0 Å². The van der Waals surface area contributed by atoms with Crippen molar-refractivity contribution in [1.82, 2.24) is 4.98 Å². The van der Waals surface area contributed by atoms with E-state index < -0.39 is 16.1 Å². The van der Waals surface area contributed by atoms with Crippen LogP contribution in [-0.4, -0.2) is 40.2 Å². The highest BCUT2D eigenvalue weighted by atomic mass is 32.2. The fourth-order valence-electron chi connectivity index (χ4n) is 4.06. The summed E-state index contributed by atoms with van der Waals surface area (Å²) in [6, 6.07) is 12.4. The van der Waals surface area contributed by atoms with E-state index in [2.05, 4.69) is 4.98 Å². The number of carbonyl (C=O) groups is 1. The van der Waals surface area contributed by atoms with E-state index in [1.165, 1.54) is 37.3 Å². The normalized spacial score (nSPS) is 14.7. The Morgan fingerprint density at radius 1 is 0.970 bits per heavy atom. The fourth-order valence-corrected chi connectivity index (χ4v) is 5.64. The number of nitrogens with zero attached hydrogens (tertiary/aromatic N) is 3. The predicted octanol–water partition coefficient (Wildman–Crippen LogP) is 4.09. The number of methoxy groups -OCH3 is 2. The molecule has 2 heterocycles. The molecule has 0 saturated carbocycles. The lowest BCUT2D eigenvalue weighted by atomic mass is 10.0. The molecule has 1 aliphatic heterocycles. The quantitative estimate of drug-likeness (QED) is 0.542. The second-order valence-electron chi connectivity index (χ2n) is 7.65. The Labute approximate surface area is 193 Å². The third kappa shape index (κ3) is 3.89. The second kappa shape index (κ2) is 8.74. The van der Waals surface area contributed by atoms with Crippen LogP contribution in [0, 0.1) is 13.8 Å². The lowest BCUT2D eigenvalue weighted by Gasteiger charge is -2.36. The molecule has 2 amide bonds. The molecule has 0 saturated heterocycles. The molecule has 0 aliphatic carbocycles. The summed E-state index contributed by atoms with van der Waals surface area (Å²) < 4.78 is 38.4. The van der Waals surface area contributed by atoms with Crippen LogP contribution in [0.15, 0.2) is 59.6 Å². The molecular weight excluding hydrogens is 442 g/mol. The van der Waals surface area contributed by atoms with E-state index in [9.17, 15) is 13.2 Å². The number of aryl methyl sites for hydroxylation is 2. The maximum Gasteiger partial charge on any atom is 0.343 e. The zero-order valence-electron chi connectivity index (χ0n) is 18.9. The van der Waals surface area contributed by atoms with Crippen LogP contribution < -0.4 is 18.7 Å². The van der Waals surface area contributed by atoms with E-state index in [-0.39, 0.29) is 10.6 Å². The molecule has 0 spiro atoms. The Morgan fingerprint density at radius 2 is 1.70 bits per heavy atom. The summed E-state index contributed by atoms with van der Waals surface area (Å²) in [7, 11) is -1.19. The SMILES string of the molecule is COc1ccc(N2C(=O)N(CCc3c(C)ccnc3C)c3ccccc3S2(=O)=O)cc1OC. The third-order valence-corrected chi connectivity index (χ3v) is 7.52. The van der Waals surface area contributed by atoms with Gasteiger partial charge < -0.3 is 9.47 Å². The smallest absolute Gasteiger partial charge is 0.343 e. The fraction of sp³-hybridized carbons (Fsp3) is 0.250. The van der Waals surface area contributed by atoms with Crippen LogP contribution in [-0.2, 0) is 16.4 Å². The van der Waals surface area contributed by atoms with E-state index in [0.29, 0.717) is 30.2 Å². The van der Waals surface area contributed by atoms with E-state index in [0.717, 1.165) is 21.1 Å². The van der Waals surface area contributed by atoms with Gasteiger partial charge in [0.2, 0.25) is 0 Å². The molecule has 0 unspecified atom stereocenters. The van der Waals surface area contributed by atoms with Crippen molar-refractivity contribution in [1.29, 1.82) is 0 Å². The molecule has 2 aromatic carbocycles. The van der Waals surface area contributed by atoms with Crippen LogP contribution in [0.3, 0.4) is 0 Å². The van der Waals surface area contributed by atoms with Gasteiger partial charge in [-0.2, -0.15) is 4.31 Å². The minimum Gasteiger partial charge on any atom is -0.493 e. The number of amides is 2. The van der Waals surface area contributed by atoms with Gasteiger partial charge in [-0.3, -0.25) is 9.88 Å². The van der Waals surface area contributed by atoms with Gasteiger partial charge in [-0.1, -0.05) is 12.1 Å². The lowest BCUT2D eigenvalue weighted by Crippen LogP contribution is -2.51. The summed E-state index contributed by atoms with van der Waals surface area (Å²) in [4.78, 5) is 19.6. The summed E-state index contributed by atoms with van der Waals surface area (Å²) in [5, 5.41) is 0. The molecular formula is C24H25N3O5S. The molecule has 0 atom stereocenters. The van der Waals surface area contributed by atoms with Crippen molar-refractivity contribution in [2.45, 2.75) is 25.2 Å². The number of rotatable bonds is 6. The molecule has 0 N–H and O–H groups in total. The Hall–Kier alpha value is -3.59. The first-order valence-corrected chi connectivity index (χ1v) is 11.8. The number of fused-ring (bicyclic) bond motifs is 1. The van der Waals surface area contributed by atoms with Gasteiger partial charge in [0.25, 0.3) is 10.0 Å². The average molecular weight is 468 g/mol. The Bertz CT molecular complexity index is 1300. The van der Waals surface area contributed by atoms with Crippen LogP contribution >= 0.6 is 0 Å². The zero-order valence-corrected chi connectivity index (χ0v) is 19.7. The maximum atomic E-state index is 13.6. The molecule has 172 valence electrons. The van der Waals surface area contributed by atoms with E-state index in [4.69, 9.17) is 9.47 Å². The van der Waals surface area contributed by atoms with Crippen molar-refractivity contribution in [2.75, 3.05) is 30.0 Å². The summed E-state index contributed by atoms with van der Waals surface area (Å²) >= 11 is 0. The molecule has 1 aliphatic rings. The third-order valence-electron chi connectivity index (χ3n) is 5.77. The van der Waals surface area contributed by atoms with Gasteiger partial charge in [0, 0.05) is 24.5 Å². The first-order chi connectivity index (χ1) is 15.8. The number of para-hydroxylation sites is 1. The van der Waals surface area contributed by atoms with E-state index in [1.807, 2.05) is 19.9 Å². The number of ether oxygens (including phenoxy) is 2. The maximum absolute atomic E-state index is 13.6. The molecule has 0 radical (unpaired) electrons. The summed E-state index contributed by atoms with van der Waals surface area (Å²) in [5.41, 5.74) is 3.53. The lowest BCUT2D eigenvalue weighted by molar-refractivity contribution is 0.254. The minimum atomic E-state index is -4.13. The number of aromatic nitrogens is 1. The number of carbonyl (C=O) groups excluding carboxylic acids is 1. The molecule has 9 heteroatoms. The number of anilines is 2. The molecule has 3 aromatic rings. The Balaban J connectivity index is 1.79. The van der Waals surface area contributed by atoms with Crippen LogP contribution in [0.2, 0.25) is 0 Å². The molecule has 1 aromatic heterocycles. The van der Waals surface area contributed by atoms with Crippen molar-refractivity contribution in [3.05, 3.63) is 71.5 Å². The van der Waals surface area contributed by atoms with Gasteiger partial charge in [-0.25, -0.2) is 13.2 Å². The second-order valence-corrected chi connectivity index (χ2v) is 9.41. The van der Waals surface area contributed by atoms with Crippen molar-refractivity contribution in [3.63, 3.8) is 0 Å². The molecule has 0 fully saturated rings. The number of pyridine rings is 1. The van der Waals surface area contributed by atoms with Gasteiger partial charge in [0.15, 0.2) is 11.5 Å². The summed E-state index contributed by atoms with van der Waals surface area (Å²) in [6.45, 7) is 4.22. The number of urea groups is 1. The predicted molar refractivity (Wildman–Crippen MR) is 126 cm³/mol. The van der Waals surface area contributed by atoms with Crippen molar-refractivity contribution in [3.8, 4) is 11.5 Å². The summed E-state index contributed by atoms with van der Waals surface area (Å²) in [6.07, 6.45) is 2.28. The van der Waals surface area contributed by atoms with Gasteiger partial charge in [0.1, 0.15) is 4.90 Å². The van der Waals surface area contributed by atoms with Crippen molar-refractivity contribution >= 4 is 27.4 Å². The average Bonchev–Trinajstić information content (AvgIpc) is 2.80. The van der Waals surface area contributed by atoms with Crippen molar-refractivity contribution < 1.29 is 22.7 Å². The number of hydrogen-bond donors (Lipinski definition) is 0. The first kappa shape index (κ1) is 22.6. The van der Waals surface area contributed by atoms with Gasteiger partial charge in [0.05, 0.1) is 25.6 Å². The van der Waals surface area contributed by atoms with Gasteiger partial charge >= 0.3 is 6.03 Å². The molecule has 4 rings (SSSR count). The van der Waals surface area contributed by atoms with E-state index >= 15 is 0 Å². The molecule has 0 bridgehead atoms. The largest absolute Gasteiger partial charge is 0.493 e. The van der Waals surface area contributed by atoms with Crippen LogP contribution in [0.1, 0.15) is 16.8 Å². The highest BCUT2D eigenvalue weighted by molar-refractivity contribution is 7.94. The highest BCUT2D eigenvalue weighted by Crippen LogP contribution is 2.40. The number of hydrogen-bond acceptors (Lipinski definition) is 6. The molecule has 8 nitrogen and oxygen atoms in total. The monoisotopic (exact) mass is 467 g/mol. The summed E-state index contributed by atoms with van der Waals surface area (Å²) in [5.74, 6) is 0.757. The van der Waals surface area contributed by atoms with Crippen LogP contribution in [0.25, 0.3) is 0 Å². The Morgan fingerprint density at radius 3 is 2.39 bits per heavy atom.